The molecule has 0 radical (unpaired) electrons. The van der Waals surface area contributed by atoms with E-state index < -0.39 is 5.54 Å². The van der Waals surface area contributed by atoms with Crippen LogP contribution in [0.15, 0.2) is 0 Å². The Balaban J connectivity index is 2.18. The second kappa shape index (κ2) is 4.67. The first-order valence-electron chi connectivity index (χ1n) is 6.70. The molecular formula is C13H22N2O2. The van der Waals surface area contributed by atoms with Crippen LogP contribution in [0.4, 0.5) is 0 Å². The van der Waals surface area contributed by atoms with Crippen LogP contribution in [0.25, 0.3) is 0 Å². The van der Waals surface area contributed by atoms with Crippen LogP contribution in [0, 0.1) is 0 Å². The lowest BCUT2D eigenvalue weighted by Crippen LogP contribution is -2.69. The van der Waals surface area contributed by atoms with E-state index in [1.165, 1.54) is 6.42 Å². The van der Waals surface area contributed by atoms with Crippen molar-refractivity contribution in [3.63, 3.8) is 0 Å². The van der Waals surface area contributed by atoms with Crippen molar-refractivity contribution in [1.82, 2.24) is 10.2 Å². The van der Waals surface area contributed by atoms with Gasteiger partial charge in [0.05, 0.1) is 0 Å². The Bertz CT molecular complexity index is 321. The first-order chi connectivity index (χ1) is 8.10. The molecule has 0 aromatic rings. The molecule has 1 heterocycles. The van der Waals surface area contributed by atoms with Crippen molar-refractivity contribution in [2.24, 2.45) is 0 Å². The minimum Gasteiger partial charge on any atom is -0.340 e. The zero-order chi connectivity index (χ0) is 12.5. The van der Waals surface area contributed by atoms with Crippen LogP contribution in [0.5, 0.6) is 0 Å². The van der Waals surface area contributed by atoms with E-state index in [9.17, 15) is 9.59 Å². The Morgan fingerprint density at radius 1 is 1.29 bits per heavy atom. The number of nitrogens with one attached hydrogen (secondary N) is 1. The molecule has 2 aliphatic rings. The van der Waals surface area contributed by atoms with Gasteiger partial charge in [-0.25, -0.2) is 0 Å². The van der Waals surface area contributed by atoms with Gasteiger partial charge in [-0.15, -0.1) is 0 Å². The van der Waals surface area contributed by atoms with E-state index in [-0.39, 0.29) is 17.9 Å². The zero-order valence-electron chi connectivity index (χ0n) is 10.8. The molecule has 1 saturated carbocycles. The SMILES string of the molecule is CCCC1C(=O)NC2(CCCCC2)C(=O)N1C. The Hall–Kier alpha value is -1.06. The average molecular weight is 238 g/mol. The molecule has 1 unspecified atom stereocenters. The molecule has 1 aliphatic heterocycles. The highest BCUT2D eigenvalue weighted by atomic mass is 16.2. The number of rotatable bonds is 2. The summed E-state index contributed by atoms with van der Waals surface area (Å²) in [6, 6.07) is -0.264. The molecule has 4 nitrogen and oxygen atoms in total. The van der Waals surface area contributed by atoms with E-state index in [1.807, 2.05) is 6.92 Å². The van der Waals surface area contributed by atoms with Crippen molar-refractivity contribution in [2.75, 3.05) is 7.05 Å². The fourth-order valence-corrected chi connectivity index (χ4v) is 3.12. The molecule has 1 saturated heterocycles. The fourth-order valence-electron chi connectivity index (χ4n) is 3.12. The highest BCUT2D eigenvalue weighted by Crippen LogP contribution is 2.33. The molecule has 96 valence electrons. The molecule has 2 fully saturated rings. The van der Waals surface area contributed by atoms with Gasteiger partial charge in [0.2, 0.25) is 11.8 Å². The van der Waals surface area contributed by atoms with Crippen LogP contribution in [-0.2, 0) is 9.59 Å². The largest absolute Gasteiger partial charge is 0.340 e. The molecule has 1 atom stereocenters. The van der Waals surface area contributed by atoms with E-state index in [2.05, 4.69) is 5.32 Å². The summed E-state index contributed by atoms with van der Waals surface area (Å²) in [5.41, 5.74) is -0.575. The van der Waals surface area contributed by atoms with Gasteiger partial charge in [0, 0.05) is 7.05 Å². The highest BCUT2D eigenvalue weighted by molar-refractivity contribution is 5.99. The number of piperazine rings is 1. The van der Waals surface area contributed by atoms with Crippen LogP contribution >= 0.6 is 0 Å². The number of likely N-dealkylation sites (N-methyl/N-ethyl adjacent to an activating group) is 1. The van der Waals surface area contributed by atoms with Gasteiger partial charge in [-0.3, -0.25) is 9.59 Å². The van der Waals surface area contributed by atoms with E-state index in [0.717, 1.165) is 38.5 Å². The molecule has 2 amide bonds. The fraction of sp³-hybridized carbons (Fsp3) is 0.846. The van der Waals surface area contributed by atoms with Gasteiger partial charge in [0.25, 0.3) is 0 Å². The van der Waals surface area contributed by atoms with Gasteiger partial charge in [0.1, 0.15) is 11.6 Å². The molecule has 1 spiro atoms. The lowest BCUT2D eigenvalue weighted by Gasteiger charge is -2.46. The lowest BCUT2D eigenvalue weighted by molar-refractivity contribution is -0.155. The Labute approximate surface area is 103 Å². The zero-order valence-corrected chi connectivity index (χ0v) is 10.8. The monoisotopic (exact) mass is 238 g/mol. The highest BCUT2D eigenvalue weighted by Gasteiger charge is 2.49. The number of carbonyl (C=O) groups excluding carboxylic acids is 2. The molecular weight excluding hydrogens is 216 g/mol. The van der Waals surface area contributed by atoms with Crippen LogP contribution in [0.3, 0.4) is 0 Å². The first-order valence-corrected chi connectivity index (χ1v) is 6.70. The number of amides is 2. The summed E-state index contributed by atoms with van der Waals surface area (Å²) in [5.74, 6) is 0.158. The maximum Gasteiger partial charge on any atom is 0.248 e. The second-order valence-electron chi connectivity index (χ2n) is 5.35. The maximum atomic E-state index is 12.4. The Morgan fingerprint density at radius 2 is 1.94 bits per heavy atom. The van der Waals surface area contributed by atoms with Crippen molar-refractivity contribution < 1.29 is 9.59 Å². The van der Waals surface area contributed by atoms with Gasteiger partial charge < -0.3 is 10.2 Å². The van der Waals surface area contributed by atoms with Crippen LogP contribution in [-0.4, -0.2) is 35.3 Å². The number of nitrogens with zero attached hydrogens (tertiary/aromatic N) is 1. The van der Waals surface area contributed by atoms with Crippen molar-refractivity contribution in [2.45, 2.75) is 63.5 Å². The van der Waals surface area contributed by atoms with Crippen molar-refractivity contribution >= 4 is 11.8 Å². The molecule has 0 aromatic carbocycles. The third-order valence-corrected chi connectivity index (χ3v) is 4.13. The lowest BCUT2D eigenvalue weighted by atomic mass is 9.78. The molecule has 0 aromatic heterocycles. The molecule has 0 bridgehead atoms. The summed E-state index contributed by atoms with van der Waals surface area (Å²) in [6.07, 6.45) is 6.54. The summed E-state index contributed by atoms with van der Waals surface area (Å²) in [4.78, 5) is 26.2. The van der Waals surface area contributed by atoms with Gasteiger partial charge >= 0.3 is 0 Å². The van der Waals surface area contributed by atoms with Crippen LogP contribution in [0.2, 0.25) is 0 Å². The molecule has 2 rings (SSSR count). The normalized spacial score (nSPS) is 28.4. The smallest absolute Gasteiger partial charge is 0.248 e. The van der Waals surface area contributed by atoms with Gasteiger partial charge in [-0.2, -0.15) is 0 Å². The maximum absolute atomic E-state index is 12.4. The Morgan fingerprint density at radius 3 is 2.53 bits per heavy atom. The third kappa shape index (κ3) is 2.05. The van der Waals surface area contributed by atoms with Crippen molar-refractivity contribution in [3.8, 4) is 0 Å². The number of carbonyl (C=O) groups is 2. The Kier molecular flexibility index (Phi) is 3.40. The number of hydrogen-bond donors (Lipinski definition) is 1. The predicted octanol–water partition coefficient (Wildman–Crippen LogP) is 1.45. The van der Waals surface area contributed by atoms with Gasteiger partial charge in [-0.1, -0.05) is 32.6 Å². The molecule has 1 N–H and O–H groups in total. The molecule has 1 aliphatic carbocycles. The summed E-state index contributed by atoms with van der Waals surface area (Å²) in [7, 11) is 1.78. The second-order valence-corrected chi connectivity index (χ2v) is 5.35. The molecule has 17 heavy (non-hydrogen) atoms. The minimum atomic E-state index is -0.575. The topological polar surface area (TPSA) is 49.4 Å². The van der Waals surface area contributed by atoms with Crippen LogP contribution < -0.4 is 5.32 Å². The molecule has 4 heteroatoms. The van der Waals surface area contributed by atoms with Gasteiger partial charge in [-0.05, 0) is 19.3 Å². The van der Waals surface area contributed by atoms with Crippen molar-refractivity contribution in [3.05, 3.63) is 0 Å². The summed E-state index contributed by atoms with van der Waals surface area (Å²) < 4.78 is 0. The standard InChI is InChI=1S/C13H22N2O2/c1-3-7-10-11(16)14-13(12(17)15(10)2)8-5-4-6-9-13/h10H,3-9H2,1-2H3,(H,14,16). The minimum absolute atomic E-state index is 0.0378. The quantitative estimate of drug-likeness (QED) is 0.791. The van der Waals surface area contributed by atoms with Gasteiger partial charge in [0.15, 0.2) is 0 Å². The van der Waals surface area contributed by atoms with E-state index in [1.54, 1.807) is 11.9 Å². The first kappa shape index (κ1) is 12.4. The summed E-state index contributed by atoms with van der Waals surface area (Å²) >= 11 is 0. The summed E-state index contributed by atoms with van der Waals surface area (Å²) in [5, 5.41) is 3.02. The van der Waals surface area contributed by atoms with E-state index >= 15 is 0 Å². The number of hydrogen-bond acceptors (Lipinski definition) is 2. The third-order valence-electron chi connectivity index (χ3n) is 4.13. The van der Waals surface area contributed by atoms with Crippen molar-refractivity contribution in [1.29, 1.82) is 0 Å². The van der Waals surface area contributed by atoms with E-state index in [4.69, 9.17) is 0 Å². The van der Waals surface area contributed by atoms with Crippen LogP contribution in [0.1, 0.15) is 51.9 Å². The summed E-state index contributed by atoms with van der Waals surface area (Å²) in [6.45, 7) is 2.04. The average Bonchev–Trinajstić information content (AvgIpc) is 2.33. The van der Waals surface area contributed by atoms with E-state index in [0.29, 0.717) is 0 Å². The predicted molar refractivity (Wildman–Crippen MR) is 65.4 cm³/mol.